The van der Waals surface area contributed by atoms with Gasteiger partial charge in [0.15, 0.2) is 0 Å². The van der Waals surface area contributed by atoms with Crippen molar-refractivity contribution in [3.05, 3.63) is 89.7 Å². The Morgan fingerprint density at radius 3 is 2.30 bits per heavy atom. The number of esters is 1. The van der Waals surface area contributed by atoms with Gasteiger partial charge in [0.1, 0.15) is 5.75 Å². The molecule has 3 rings (SSSR count). The third-order valence-electron chi connectivity index (χ3n) is 6.45. The van der Waals surface area contributed by atoms with Crippen molar-refractivity contribution in [3.63, 3.8) is 0 Å². The molecule has 0 radical (unpaired) electrons. The maximum absolute atomic E-state index is 13.8. The first-order chi connectivity index (χ1) is 19.3. The minimum Gasteiger partial charge on any atom is -0.497 e. The van der Waals surface area contributed by atoms with E-state index in [0.717, 1.165) is 22.6 Å². The molecular weight excluding hydrogens is 506 g/mol. The Morgan fingerprint density at radius 2 is 1.60 bits per heavy atom. The number of benzene rings is 2. The molecule has 40 heavy (non-hydrogen) atoms. The Bertz CT molecular complexity index is 1240. The number of hydrogen-bond donors (Lipinski definition) is 0. The fraction of sp³-hybridized carbons (Fsp3) is 0.406. The van der Waals surface area contributed by atoms with E-state index in [-0.39, 0.29) is 43.7 Å². The van der Waals surface area contributed by atoms with Crippen molar-refractivity contribution in [2.24, 2.45) is 5.92 Å². The highest BCUT2D eigenvalue weighted by atomic mass is 16.5. The van der Waals surface area contributed by atoms with Crippen molar-refractivity contribution in [2.75, 3.05) is 26.8 Å². The van der Waals surface area contributed by atoms with Crippen LogP contribution in [0.4, 0.5) is 0 Å². The first-order valence-corrected chi connectivity index (χ1v) is 13.8. The van der Waals surface area contributed by atoms with Crippen molar-refractivity contribution in [1.82, 2.24) is 14.4 Å². The van der Waals surface area contributed by atoms with Gasteiger partial charge in [-0.25, -0.2) is 0 Å². The van der Waals surface area contributed by atoms with Crippen LogP contribution in [0.2, 0.25) is 0 Å². The van der Waals surface area contributed by atoms with Crippen LogP contribution in [-0.2, 0) is 38.8 Å². The van der Waals surface area contributed by atoms with Gasteiger partial charge < -0.3 is 23.8 Å². The van der Waals surface area contributed by atoms with E-state index in [1.54, 1.807) is 23.8 Å². The molecule has 0 aliphatic carbocycles. The summed E-state index contributed by atoms with van der Waals surface area (Å²) in [4.78, 5) is 42.0. The zero-order valence-corrected chi connectivity index (χ0v) is 24.0. The third-order valence-corrected chi connectivity index (χ3v) is 6.45. The topological polar surface area (TPSA) is 81.1 Å². The molecule has 1 heterocycles. The predicted octanol–water partition coefficient (Wildman–Crippen LogP) is 4.90. The number of amides is 2. The quantitative estimate of drug-likeness (QED) is 0.253. The van der Waals surface area contributed by atoms with Gasteiger partial charge in [-0.1, -0.05) is 56.3 Å². The number of methoxy groups -OCH3 is 1. The monoisotopic (exact) mass is 547 g/mol. The fourth-order valence-corrected chi connectivity index (χ4v) is 4.51. The van der Waals surface area contributed by atoms with Crippen LogP contribution in [0.1, 0.15) is 50.4 Å². The van der Waals surface area contributed by atoms with E-state index in [1.165, 1.54) is 0 Å². The lowest BCUT2D eigenvalue weighted by Crippen LogP contribution is -2.44. The van der Waals surface area contributed by atoms with Gasteiger partial charge in [-0.05, 0) is 48.2 Å². The smallest absolute Gasteiger partial charge is 0.306 e. The molecular formula is C32H41N3O5. The van der Waals surface area contributed by atoms with Crippen molar-refractivity contribution in [1.29, 1.82) is 0 Å². The Morgan fingerprint density at radius 1 is 0.850 bits per heavy atom. The number of carbonyl (C=O) groups excluding carboxylic acids is 3. The van der Waals surface area contributed by atoms with E-state index in [9.17, 15) is 14.4 Å². The van der Waals surface area contributed by atoms with Gasteiger partial charge in [0.25, 0.3) is 0 Å². The number of nitrogens with zero attached hydrogens (tertiary/aromatic N) is 3. The number of carbonyl (C=O) groups is 3. The molecule has 0 saturated heterocycles. The summed E-state index contributed by atoms with van der Waals surface area (Å²) in [6.07, 6.45) is 2.02. The molecule has 0 aliphatic rings. The molecule has 8 nitrogen and oxygen atoms in total. The Balaban J connectivity index is 1.79. The number of ether oxygens (including phenoxy) is 2. The molecule has 0 aliphatic heterocycles. The van der Waals surface area contributed by atoms with Gasteiger partial charge in [-0.3, -0.25) is 14.4 Å². The molecule has 1 aromatic heterocycles. The van der Waals surface area contributed by atoms with Gasteiger partial charge >= 0.3 is 5.97 Å². The summed E-state index contributed by atoms with van der Waals surface area (Å²) >= 11 is 0. The summed E-state index contributed by atoms with van der Waals surface area (Å²) < 4.78 is 12.5. The molecule has 8 heteroatoms. The highest BCUT2D eigenvalue weighted by Crippen LogP contribution is 2.17. The predicted molar refractivity (Wildman–Crippen MR) is 155 cm³/mol. The highest BCUT2D eigenvalue weighted by Gasteiger charge is 2.24. The van der Waals surface area contributed by atoms with Crippen LogP contribution in [0.25, 0.3) is 0 Å². The number of aromatic nitrogens is 1. The maximum atomic E-state index is 13.8. The maximum Gasteiger partial charge on any atom is 0.306 e. The lowest BCUT2D eigenvalue weighted by Gasteiger charge is -2.29. The first kappa shape index (κ1) is 30.5. The van der Waals surface area contributed by atoms with Crippen LogP contribution < -0.4 is 4.74 Å². The molecule has 0 saturated carbocycles. The first-order valence-electron chi connectivity index (χ1n) is 13.8. The molecule has 3 aromatic rings. The van der Waals surface area contributed by atoms with Crippen LogP contribution >= 0.6 is 0 Å². The van der Waals surface area contributed by atoms with Gasteiger partial charge in [0.05, 0.1) is 33.2 Å². The second kappa shape index (κ2) is 15.5. The zero-order valence-electron chi connectivity index (χ0n) is 24.0. The van der Waals surface area contributed by atoms with Crippen molar-refractivity contribution in [2.45, 2.75) is 53.2 Å². The minimum absolute atomic E-state index is 0.000968. The summed E-state index contributed by atoms with van der Waals surface area (Å²) in [6, 6.07) is 21.8. The van der Waals surface area contributed by atoms with Crippen molar-refractivity contribution >= 4 is 17.8 Å². The van der Waals surface area contributed by atoms with E-state index >= 15 is 0 Å². The van der Waals surface area contributed by atoms with E-state index in [4.69, 9.17) is 9.47 Å². The summed E-state index contributed by atoms with van der Waals surface area (Å²) in [6.45, 7) is 7.83. The standard InChI is InChI=1S/C32H41N3O5/c1-5-40-32(38)17-16-30(36)34(20-25(2)3)24-31(37)35(21-26-11-7-6-8-12-26)23-28-14-10-18-33(28)22-27-13-9-15-29(19-27)39-4/h6-15,18-19,25H,5,16-17,20-24H2,1-4H3. The second-order valence-electron chi connectivity index (χ2n) is 10.2. The van der Waals surface area contributed by atoms with E-state index in [0.29, 0.717) is 26.2 Å². The average Bonchev–Trinajstić information content (AvgIpc) is 3.37. The minimum atomic E-state index is -0.408. The summed E-state index contributed by atoms with van der Waals surface area (Å²) in [5.41, 5.74) is 3.08. The third kappa shape index (κ3) is 9.59. The molecule has 2 aromatic carbocycles. The van der Waals surface area contributed by atoms with Crippen molar-refractivity contribution < 1.29 is 23.9 Å². The van der Waals surface area contributed by atoms with Gasteiger partial charge in [-0.2, -0.15) is 0 Å². The van der Waals surface area contributed by atoms with Crippen LogP contribution in [-0.4, -0.2) is 59.0 Å². The van der Waals surface area contributed by atoms with Crippen molar-refractivity contribution in [3.8, 4) is 5.75 Å². The average molecular weight is 548 g/mol. The Kier molecular flexibility index (Phi) is 11.8. The van der Waals surface area contributed by atoms with Crippen LogP contribution in [0.15, 0.2) is 72.9 Å². The highest BCUT2D eigenvalue weighted by molar-refractivity contribution is 5.86. The molecule has 0 spiro atoms. The molecule has 0 fully saturated rings. The van der Waals surface area contributed by atoms with E-state index < -0.39 is 5.97 Å². The molecule has 0 unspecified atom stereocenters. The van der Waals surface area contributed by atoms with E-state index in [2.05, 4.69) is 4.57 Å². The second-order valence-corrected chi connectivity index (χ2v) is 10.2. The van der Waals surface area contributed by atoms with Crippen LogP contribution in [0, 0.1) is 5.92 Å². The van der Waals surface area contributed by atoms with Crippen LogP contribution in [0.5, 0.6) is 5.75 Å². The molecule has 0 N–H and O–H groups in total. The lowest BCUT2D eigenvalue weighted by atomic mass is 10.1. The summed E-state index contributed by atoms with van der Waals surface area (Å²) in [5.74, 6) is 0.181. The van der Waals surface area contributed by atoms with Crippen LogP contribution in [0.3, 0.4) is 0 Å². The zero-order chi connectivity index (χ0) is 28.9. The molecule has 0 bridgehead atoms. The normalized spacial score (nSPS) is 10.8. The SMILES string of the molecule is CCOC(=O)CCC(=O)N(CC(=O)N(Cc1ccccc1)Cc1cccn1Cc1cccc(OC)c1)CC(C)C. The summed E-state index contributed by atoms with van der Waals surface area (Å²) in [5, 5.41) is 0. The summed E-state index contributed by atoms with van der Waals surface area (Å²) in [7, 11) is 1.65. The van der Waals surface area contributed by atoms with E-state index in [1.807, 2.05) is 86.8 Å². The molecule has 2 amide bonds. The molecule has 214 valence electrons. The lowest BCUT2D eigenvalue weighted by molar-refractivity contribution is -0.146. The number of hydrogen-bond acceptors (Lipinski definition) is 5. The van der Waals surface area contributed by atoms with Gasteiger partial charge in [-0.15, -0.1) is 0 Å². The fourth-order valence-electron chi connectivity index (χ4n) is 4.51. The van der Waals surface area contributed by atoms with Gasteiger partial charge in [0.2, 0.25) is 11.8 Å². The molecule has 0 atom stereocenters. The number of rotatable bonds is 15. The Hall–Kier alpha value is -4.07. The van der Waals surface area contributed by atoms with Gasteiger partial charge in [0, 0.05) is 37.9 Å². The Labute approximate surface area is 237 Å². The largest absolute Gasteiger partial charge is 0.497 e.